The predicted octanol–water partition coefficient (Wildman–Crippen LogP) is 1.73. The molecule has 1 atom stereocenters. The smallest absolute Gasteiger partial charge is 0.296 e. The zero-order chi connectivity index (χ0) is 15.4. The molecule has 0 aromatic heterocycles. The van der Waals surface area contributed by atoms with E-state index in [4.69, 9.17) is 14.2 Å². The van der Waals surface area contributed by atoms with Crippen LogP contribution in [0, 0.1) is 10.1 Å². The first-order valence-electron chi connectivity index (χ1n) is 6.39. The summed E-state index contributed by atoms with van der Waals surface area (Å²) in [6, 6.07) is 2.58. The molecule has 8 heteroatoms. The molecule has 21 heavy (non-hydrogen) atoms. The van der Waals surface area contributed by atoms with Gasteiger partial charge in [0.15, 0.2) is 11.5 Å². The molecule has 1 aromatic rings. The minimum Gasteiger partial charge on any atom is -0.493 e. The standard InChI is InChI=1S/C13H16N2O6/c1-19-11-6-8(9(15(17)18)7-12(11)20-2)14-13(16)10-4-3-5-21-10/h6-7,10H,3-5H2,1-2H3,(H,14,16). The maximum absolute atomic E-state index is 12.0. The van der Waals surface area contributed by atoms with Gasteiger partial charge in [-0.25, -0.2) is 0 Å². The molecular formula is C13H16N2O6. The highest BCUT2D eigenvalue weighted by atomic mass is 16.6. The number of nitro benzene ring substituents is 1. The Labute approximate surface area is 121 Å². The average molecular weight is 296 g/mol. The van der Waals surface area contributed by atoms with Crippen molar-refractivity contribution in [1.29, 1.82) is 0 Å². The number of amides is 1. The van der Waals surface area contributed by atoms with Crippen LogP contribution in [0.5, 0.6) is 11.5 Å². The Morgan fingerprint density at radius 2 is 2.05 bits per heavy atom. The topological polar surface area (TPSA) is 99.9 Å². The molecule has 0 aliphatic carbocycles. The Bertz CT molecular complexity index is 554. The van der Waals surface area contributed by atoms with Crippen LogP contribution in [-0.4, -0.2) is 37.8 Å². The largest absolute Gasteiger partial charge is 0.493 e. The summed E-state index contributed by atoms with van der Waals surface area (Å²) in [5.74, 6) is 0.118. The van der Waals surface area contributed by atoms with Crippen LogP contribution in [0.2, 0.25) is 0 Å². The lowest BCUT2D eigenvalue weighted by Crippen LogP contribution is -2.27. The van der Waals surface area contributed by atoms with Crippen molar-refractivity contribution in [1.82, 2.24) is 0 Å². The highest BCUT2D eigenvalue weighted by Crippen LogP contribution is 2.37. The normalized spacial score (nSPS) is 17.3. The third-order valence-electron chi connectivity index (χ3n) is 3.18. The van der Waals surface area contributed by atoms with E-state index in [1.54, 1.807) is 0 Å². The lowest BCUT2D eigenvalue weighted by atomic mass is 10.2. The van der Waals surface area contributed by atoms with Crippen molar-refractivity contribution in [3.05, 3.63) is 22.2 Å². The summed E-state index contributed by atoms with van der Waals surface area (Å²) >= 11 is 0. The second kappa shape index (κ2) is 6.40. The van der Waals surface area contributed by atoms with Crippen LogP contribution < -0.4 is 14.8 Å². The summed E-state index contributed by atoms with van der Waals surface area (Å²) in [4.78, 5) is 22.5. The van der Waals surface area contributed by atoms with E-state index in [1.807, 2.05) is 0 Å². The molecule has 0 spiro atoms. The van der Waals surface area contributed by atoms with Gasteiger partial charge in [-0.1, -0.05) is 0 Å². The summed E-state index contributed by atoms with van der Waals surface area (Å²) in [6.07, 6.45) is 0.830. The number of carbonyl (C=O) groups is 1. The number of nitrogens with one attached hydrogen (secondary N) is 1. The van der Waals surface area contributed by atoms with Crippen LogP contribution in [0.4, 0.5) is 11.4 Å². The number of nitro groups is 1. The molecule has 1 aliphatic rings. The third-order valence-corrected chi connectivity index (χ3v) is 3.18. The molecule has 1 aliphatic heterocycles. The molecule has 1 aromatic carbocycles. The van der Waals surface area contributed by atoms with Gasteiger partial charge in [0.05, 0.1) is 25.2 Å². The minimum atomic E-state index is -0.590. The Kier molecular flexibility index (Phi) is 4.59. The van der Waals surface area contributed by atoms with Crippen molar-refractivity contribution in [3.63, 3.8) is 0 Å². The number of rotatable bonds is 5. The fourth-order valence-corrected chi connectivity index (χ4v) is 2.12. The molecule has 1 saturated heterocycles. The second-order valence-electron chi connectivity index (χ2n) is 4.47. The monoisotopic (exact) mass is 296 g/mol. The van der Waals surface area contributed by atoms with E-state index < -0.39 is 16.9 Å². The van der Waals surface area contributed by atoms with Gasteiger partial charge in [-0.15, -0.1) is 0 Å². The summed E-state index contributed by atoms with van der Waals surface area (Å²) < 4.78 is 15.4. The van der Waals surface area contributed by atoms with Gasteiger partial charge in [-0.3, -0.25) is 14.9 Å². The second-order valence-corrected chi connectivity index (χ2v) is 4.47. The SMILES string of the molecule is COc1cc(NC(=O)C2CCCO2)c([N+](=O)[O-])cc1OC. The first-order valence-corrected chi connectivity index (χ1v) is 6.39. The molecule has 0 saturated carbocycles. The molecule has 1 N–H and O–H groups in total. The quantitative estimate of drug-likeness (QED) is 0.656. The van der Waals surface area contributed by atoms with Crippen molar-refractivity contribution in [2.45, 2.75) is 18.9 Å². The van der Waals surface area contributed by atoms with Crippen LogP contribution in [0.1, 0.15) is 12.8 Å². The van der Waals surface area contributed by atoms with E-state index in [1.165, 1.54) is 26.4 Å². The summed E-state index contributed by atoms with van der Waals surface area (Å²) in [6.45, 7) is 0.520. The van der Waals surface area contributed by atoms with Crippen molar-refractivity contribution in [2.24, 2.45) is 0 Å². The van der Waals surface area contributed by atoms with Crippen LogP contribution in [-0.2, 0) is 9.53 Å². The number of benzene rings is 1. The molecule has 1 unspecified atom stereocenters. The van der Waals surface area contributed by atoms with Gasteiger partial charge in [-0.2, -0.15) is 0 Å². The highest BCUT2D eigenvalue weighted by Gasteiger charge is 2.27. The molecule has 0 radical (unpaired) electrons. The van der Waals surface area contributed by atoms with E-state index in [-0.39, 0.29) is 17.1 Å². The molecule has 0 bridgehead atoms. The number of hydrogen-bond acceptors (Lipinski definition) is 6. The zero-order valence-corrected chi connectivity index (χ0v) is 11.8. The summed E-state index contributed by atoms with van der Waals surface area (Å²) in [5.41, 5.74) is -0.211. The van der Waals surface area contributed by atoms with Gasteiger partial charge in [-0.05, 0) is 12.8 Å². The number of carbonyl (C=O) groups excluding carboxylic acids is 1. The van der Waals surface area contributed by atoms with Gasteiger partial charge in [0, 0.05) is 12.7 Å². The Morgan fingerprint density at radius 3 is 2.57 bits per heavy atom. The number of anilines is 1. The number of nitrogens with zero attached hydrogens (tertiary/aromatic N) is 1. The lowest BCUT2D eigenvalue weighted by molar-refractivity contribution is -0.384. The predicted molar refractivity (Wildman–Crippen MR) is 73.8 cm³/mol. The van der Waals surface area contributed by atoms with Crippen LogP contribution in [0.3, 0.4) is 0 Å². The zero-order valence-electron chi connectivity index (χ0n) is 11.8. The first-order chi connectivity index (χ1) is 10.1. The van der Waals surface area contributed by atoms with E-state index in [9.17, 15) is 14.9 Å². The molecule has 1 fully saturated rings. The van der Waals surface area contributed by atoms with Crippen molar-refractivity contribution in [2.75, 3.05) is 26.1 Å². The molecule has 1 amide bonds. The van der Waals surface area contributed by atoms with Gasteiger partial charge in [0.25, 0.3) is 11.6 Å². The number of methoxy groups -OCH3 is 2. The molecule has 8 nitrogen and oxygen atoms in total. The number of hydrogen-bond donors (Lipinski definition) is 1. The lowest BCUT2D eigenvalue weighted by Gasteiger charge is -2.13. The van der Waals surface area contributed by atoms with Gasteiger partial charge >= 0.3 is 0 Å². The van der Waals surface area contributed by atoms with Gasteiger partial charge in [0.1, 0.15) is 11.8 Å². The average Bonchev–Trinajstić information content (AvgIpc) is 3.00. The molecule has 2 rings (SSSR count). The fourth-order valence-electron chi connectivity index (χ4n) is 2.12. The number of ether oxygens (including phenoxy) is 3. The first kappa shape index (κ1) is 15.0. The van der Waals surface area contributed by atoms with Crippen molar-refractivity contribution < 1.29 is 23.9 Å². The molecular weight excluding hydrogens is 280 g/mol. The Hall–Kier alpha value is -2.35. The fraction of sp³-hybridized carbons (Fsp3) is 0.462. The van der Waals surface area contributed by atoms with E-state index in [2.05, 4.69) is 5.32 Å². The van der Waals surface area contributed by atoms with Crippen LogP contribution >= 0.6 is 0 Å². The van der Waals surface area contributed by atoms with Crippen LogP contribution in [0.15, 0.2) is 12.1 Å². The maximum Gasteiger partial charge on any atom is 0.296 e. The molecule has 114 valence electrons. The highest BCUT2D eigenvalue weighted by molar-refractivity contribution is 5.96. The maximum atomic E-state index is 12.0. The van der Waals surface area contributed by atoms with Crippen molar-refractivity contribution in [3.8, 4) is 11.5 Å². The summed E-state index contributed by atoms with van der Waals surface area (Å²) in [5, 5.41) is 13.6. The van der Waals surface area contributed by atoms with Gasteiger partial charge in [0.2, 0.25) is 0 Å². The van der Waals surface area contributed by atoms with Crippen LogP contribution in [0.25, 0.3) is 0 Å². The summed E-state index contributed by atoms with van der Waals surface area (Å²) in [7, 11) is 2.79. The van der Waals surface area contributed by atoms with Crippen molar-refractivity contribution >= 4 is 17.3 Å². The van der Waals surface area contributed by atoms with E-state index >= 15 is 0 Å². The minimum absolute atomic E-state index is 0.0538. The Morgan fingerprint density at radius 1 is 1.38 bits per heavy atom. The van der Waals surface area contributed by atoms with E-state index in [0.29, 0.717) is 18.8 Å². The van der Waals surface area contributed by atoms with Gasteiger partial charge < -0.3 is 19.5 Å². The Balaban J connectivity index is 2.31. The van der Waals surface area contributed by atoms with E-state index in [0.717, 1.165) is 6.42 Å². The third kappa shape index (κ3) is 3.22. The molecule has 1 heterocycles.